The first-order valence-corrected chi connectivity index (χ1v) is 10.3. The first-order valence-electron chi connectivity index (χ1n) is 10.3. The van der Waals surface area contributed by atoms with Gasteiger partial charge in [-0.05, 0) is 47.2 Å². The fourth-order valence-electron chi connectivity index (χ4n) is 3.01. The van der Waals surface area contributed by atoms with Gasteiger partial charge in [-0.25, -0.2) is 10.1 Å². The Bertz CT molecular complexity index is 1190. The number of carbonyl (C=O) groups excluding carboxylic acids is 2. The normalized spacial score (nSPS) is 10.9. The molecule has 0 radical (unpaired) electrons. The molecular weight excluding hydrogens is 482 g/mol. The van der Waals surface area contributed by atoms with Crippen molar-refractivity contribution in [2.75, 3.05) is 25.9 Å². The van der Waals surface area contributed by atoms with Gasteiger partial charge in [0, 0.05) is 13.5 Å². The van der Waals surface area contributed by atoms with E-state index in [1.807, 2.05) is 13.8 Å². The summed E-state index contributed by atoms with van der Waals surface area (Å²) in [5.41, 5.74) is 9.33. The molecule has 0 unspecified atom stereocenters. The highest BCUT2D eigenvalue weighted by molar-refractivity contribution is 5.95. The maximum absolute atomic E-state index is 13.1. The lowest BCUT2D eigenvalue weighted by Gasteiger charge is -2.16. The number of halogens is 1. The number of nitrogen functional groups attached to an aromatic ring is 1. The maximum Gasteiger partial charge on any atom is 0.308 e. The molecule has 2 heterocycles. The summed E-state index contributed by atoms with van der Waals surface area (Å²) in [5, 5.41) is 19.4. The Labute approximate surface area is 206 Å². The number of nitrogens with zero attached hydrogens (tertiary/aromatic N) is 7. The average molecular weight is 508 g/mol. The standard InChI is InChI=1S/C20H25N9O5.ClH/c1-5-28(6-2)11-14-17(29(27-23-14)19-18(21)25-34-26-19)20(31)24-22-10-13-7-8-15(33-12(3)30)16(9-13)32-4;/h7-10H,5-6,11H2,1-4H3,(H2,21,25)(H,24,31);1H/b22-10+;. The van der Waals surface area contributed by atoms with Gasteiger partial charge in [0.15, 0.2) is 17.2 Å². The molecule has 14 nitrogen and oxygen atoms in total. The number of rotatable bonds is 10. The van der Waals surface area contributed by atoms with Gasteiger partial charge in [0.2, 0.25) is 11.6 Å². The van der Waals surface area contributed by atoms with Crippen LogP contribution in [0.3, 0.4) is 0 Å². The van der Waals surface area contributed by atoms with Crippen LogP contribution in [0.5, 0.6) is 11.5 Å². The lowest BCUT2D eigenvalue weighted by atomic mass is 10.2. The summed E-state index contributed by atoms with van der Waals surface area (Å²) in [5.74, 6) is -0.459. The Kier molecular flexibility index (Phi) is 9.66. The average Bonchev–Trinajstić information content (AvgIpc) is 3.43. The number of amides is 1. The zero-order valence-corrected chi connectivity index (χ0v) is 20.4. The van der Waals surface area contributed by atoms with Crippen molar-refractivity contribution in [2.24, 2.45) is 5.10 Å². The van der Waals surface area contributed by atoms with E-state index in [2.05, 4.69) is 40.7 Å². The fourth-order valence-corrected chi connectivity index (χ4v) is 3.01. The fraction of sp³-hybridized carbons (Fsp3) is 0.350. The Hall–Kier alpha value is -4.04. The SMILES string of the molecule is CCN(CC)Cc1nnn(-c2nonc2N)c1C(=O)N/N=C/c1ccc(OC(C)=O)c(OC)c1.Cl. The van der Waals surface area contributed by atoms with E-state index in [0.29, 0.717) is 23.6 Å². The molecule has 35 heavy (non-hydrogen) atoms. The molecule has 0 bridgehead atoms. The van der Waals surface area contributed by atoms with E-state index in [1.165, 1.54) is 20.2 Å². The van der Waals surface area contributed by atoms with Crippen LogP contribution in [0.1, 0.15) is 42.5 Å². The van der Waals surface area contributed by atoms with Gasteiger partial charge in [-0.1, -0.05) is 19.1 Å². The predicted molar refractivity (Wildman–Crippen MR) is 127 cm³/mol. The summed E-state index contributed by atoms with van der Waals surface area (Å²) in [6.45, 7) is 7.17. The van der Waals surface area contributed by atoms with Crippen LogP contribution < -0.4 is 20.6 Å². The van der Waals surface area contributed by atoms with Gasteiger partial charge >= 0.3 is 5.97 Å². The van der Waals surface area contributed by atoms with Crippen molar-refractivity contribution in [1.82, 2.24) is 35.6 Å². The van der Waals surface area contributed by atoms with Crippen LogP contribution in [-0.2, 0) is 11.3 Å². The van der Waals surface area contributed by atoms with Gasteiger partial charge < -0.3 is 15.2 Å². The number of hydrogen-bond donors (Lipinski definition) is 2. The minimum Gasteiger partial charge on any atom is -0.493 e. The number of aromatic nitrogens is 5. The van der Waals surface area contributed by atoms with Gasteiger partial charge in [0.05, 0.1) is 13.3 Å². The van der Waals surface area contributed by atoms with Crippen LogP contribution in [0.25, 0.3) is 5.82 Å². The van der Waals surface area contributed by atoms with Gasteiger partial charge in [0.1, 0.15) is 5.69 Å². The summed E-state index contributed by atoms with van der Waals surface area (Å²) in [4.78, 5) is 26.3. The van der Waals surface area contributed by atoms with Crippen LogP contribution in [0, 0.1) is 0 Å². The Balaban J connectivity index is 0.00000432. The summed E-state index contributed by atoms with van der Waals surface area (Å²) < 4.78 is 16.1. The van der Waals surface area contributed by atoms with Crippen LogP contribution >= 0.6 is 12.4 Å². The molecule has 2 aromatic heterocycles. The van der Waals surface area contributed by atoms with Crippen molar-refractivity contribution in [3.63, 3.8) is 0 Å². The Morgan fingerprint density at radius 3 is 2.60 bits per heavy atom. The Morgan fingerprint density at radius 1 is 1.26 bits per heavy atom. The topological polar surface area (TPSA) is 176 Å². The van der Waals surface area contributed by atoms with Crippen molar-refractivity contribution >= 4 is 36.3 Å². The number of methoxy groups -OCH3 is 1. The van der Waals surface area contributed by atoms with Crippen molar-refractivity contribution in [3.8, 4) is 17.3 Å². The number of benzene rings is 1. The number of anilines is 1. The highest BCUT2D eigenvalue weighted by Crippen LogP contribution is 2.27. The molecule has 3 aromatic rings. The molecule has 0 saturated heterocycles. The molecular formula is C20H26ClN9O5. The van der Waals surface area contributed by atoms with E-state index in [9.17, 15) is 9.59 Å². The largest absolute Gasteiger partial charge is 0.493 e. The predicted octanol–water partition coefficient (Wildman–Crippen LogP) is 1.19. The first-order chi connectivity index (χ1) is 16.4. The van der Waals surface area contributed by atoms with Crippen molar-refractivity contribution < 1.29 is 23.7 Å². The van der Waals surface area contributed by atoms with Gasteiger partial charge in [0.25, 0.3) is 5.91 Å². The second-order valence-corrected chi connectivity index (χ2v) is 6.93. The van der Waals surface area contributed by atoms with E-state index in [1.54, 1.807) is 18.2 Å². The number of hydrazone groups is 1. The highest BCUT2D eigenvalue weighted by Gasteiger charge is 2.25. The van der Waals surface area contributed by atoms with Crippen molar-refractivity contribution in [1.29, 1.82) is 0 Å². The molecule has 0 aliphatic carbocycles. The number of nitrogens with two attached hydrogens (primary N) is 1. The first kappa shape index (κ1) is 27.2. The van der Waals surface area contributed by atoms with Gasteiger partial charge in [-0.3, -0.25) is 14.5 Å². The van der Waals surface area contributed by atoms with E-state index < -0.39 is 11.9 Å². The number of hydrogen-bond acceptors (Lipinski definition) is 12. The monoisotopic (exact) mass is 507 g/mol. The molecule has 0 saturated carbocycles. The van der Waals surface area contributed by atoms with Crippen LogP contribution in [0.2, 0.25) is 0 Å². The molecule has 3 N–H and O–H groups in total. The summed E-state index contributed by atoms with van der Waals surface area (Å²) in [6, 6.07) is 4.81. The van der Waals surface area contributed by atoms with Gasteiger partial charge in [-0.15, -0.1) is 17.5 Å². The number of esters is 1. The van der Waals surface area contributed by atoms with Gasteiger partial charge in [-0.2, -0.15) is 9.78 Å². The second-order valence-electron chi connectivity index (χ2n) is 6.93. The van der Waals surface area contributed by atoms with Crippen LogP contribution in [0.15, 0.2) is 27.9 Å². The lowest BCUT2D eigenvalue weighted by molar-refractivity contribution is -0.132. The third kappa shape index (κ3) is 6.51. The van der Waals surface area contributed by atoms with E-state index in [0.717, 1.165) is 17.8 Å². The summed E-state index contributed by atoms with van der Waals surface area (Å²) in [7, 11) is 1.45. The van der Waals surface area contributed by atoms with Crippen LogP contribution in [-0.4, -0.2) is 68.5 Å². The second kappa shape index (κ2) is 12.4. The molecule has 0 fully saturated rings. The number of nitrogens with one attached hydrogen (secondary N) is 1. The molecule has 1 aromatic carbocycles. The quantitative estimate of drug-likeness (QED) is 0.174. The molecule has 188 valence electrons. The molecule has 0 spiro atoms. The molecule has 0 aliphatic heterocycles. The highest BCUT2D eigenvalue weighted by atomic mass is 35.5. The van der Waals surface area contributed by atoms with E-state index in [-0.39, 0.29) is 35.5 Å². The third-order valence-electron chi connectivity index (χ3n) is 4.74. The zero-order valence-electron chi connectivity index (χ0n) is 19.6. The van der Waals surface area contributed by atoms with Crippen molar-refractivity contribution in [3.05, 3.63) is 35.2 Å². The zero-order chi connectivity index (χ0) is 24.7. The maximum atomic E-state index is 13.1. The molecule has 1 amide bonds. The lowest BCUT2D eigenvalue weighted by Crippen LogP contribution is -2.27. The number of ether oxygens (including phenoxy) is 2. The summed E-state index contributed by atoms with van der Waals surface area (Å²) in [6.07, 6.45) is 1.40. The molecule has 0 aliphatic rings. The minimum atomic E-state index is -0.589. The summed E-state index contributed by atoms with van der Waals surface area (Å²) >= 11 is 0. The number of carbonyl (C=O) groups is 2. The minimum absolute atomic E-state index is 0. The van der Waals surface area contributed by atoms with Crippen LogP contribution in [0.4, 0.5) is 5.82 Å². The molecule has 15 heteroatoms. The van der Waals surface area contributed by atoms with E-state index in [4.69, 9.17) is 15.2 Å². The van der Waals surface area contributed by atoms with E-state index >= 15 is 0 Å². The molecule has 3 rings (SSSR count). The smallest absolute Gasteiger partial charge is 0.308 e. The van der Waals surface area contributed by atoms with Crippen molar-refractivity contribution in [2.45, 2.75) is 27.3 Å². The molecule has 0 atom stereocenters. The third-order valence-corrected chi connectivity index (χ3v) is 4.74. The Morgan fingerprint density at radius 2 is 2.00 bits per heavy atom.